The number of ketones is 1. The van der Waals surface area contributed by atoms with Crippen LogP contribution in [-0.2, 0) is 20.7 Å². The second kappa shape index (κ2) is 11.9. The van der Waals surface area contributed by atoms with E-state index in [1.807, 2.05) is 50.2 Å². The quantitative estimate of drug-likeness (QED) is 0.315. The summed E-state index contributed by atoms with van der Waals surface area (Å²) in [7, 11) is 0. The smallest absolute Gasteiger partial charge is 0.306 e. The van der Waals surface area contributed by atoms with Crippen molar-refractivity contribution in [3.8, 4) is 0 Å². The Morgan fingerprint density at radius 2 is 1.63 bits per heavy atom. The molecule has 1 N–H and O–H groups in total. The number of Topliss-reactive ketones (excluding diaryl/α,β-unsaturated/α-hetero) is 1. The summed E-state index contributed by atoms with van der Waals surface area (Å²) in [5.74, 6) is -1.07. The van der Waals surface area contributed by atoms with Gasteiger partial charge in [-0.2, -0.15) is 0 Å². The third kappa shape index (κ3) is 7.82. The van der Waals surface area contributed by atoms with E-state index in [0.717, 1.165) is 24.0 Å². The lowest BCUT2D eigenvalue weighted by molar-refractivity contribution is -0.147. The minimum Gasteiger partial charge on any atom is -0.456 e. The van der Waals surface area contributed by atoms with Crippen LogP contribution in [0.2, 0.25) is 0 Å². The minimum atomic E-state index is -0.560. The van der Waals surface area contributed by atoms with Gasteiger partial charge in [0.2, 0.25) is 0 Å². The summed E-state index contributed by atoms with van der Waals surface area (Å²) in [5.41, 5.74) is 4.67. The van der Waals surface area contributed by atoms with Gasteiger partial charge in [0.05, 0.1) is 6.42 Å². The van der Waals surface area contributed by atoms with Gasteiger partial charge in [-0.25, -0.2) is 0 Å². The summed E-state index contributed by atoms with van der Waals surface area (Å²) in [6.45, 7) is 5.75. The zero-order valence-electron chi connectivity index (χ0n) is 18.1. The predicted octanol–water partition coefficient (Wildman–Crippen LogP) is 5.18. The maximum absolute atomic E-state index is 12.3. The van der Waals surface area contributed by atoms with Crippen molar-refractivity contribution < 1.29 is 19.1 Å². The zero-order valence-corrected chi connectivity index (χ0v) is 18.1. The van der Waals surface area contributed by atoms with Gasteiger partial charge in [-0.05, 0) is 55.5 Å². The molecule has 0 atom stereocenters. The number of carbonyl (C=O) groups is 3. The molecule has 0 aromatic heterocycles. The third-order valence-electron chi connectivity index (χ3n) is 5.06. The fraction of sp³-hybridized carbons (Fsp3) is 0.400. The van der Waals surface area contributed by atoms with Crippen LogP contribution in [0.25, 0.3) is 0 Å². The monoisotopic (exact) mass is 409 g/mol. The molecule has 0 saturated heterocycles. The molecule has 0 spiro atoms. The molecule has 0 saturated carbocycles. The van der Waals surface area contributed by atoms with E-state index in [-0.39, 0.29) is 25.2 Å². The Morgan fingerprint density at radius 1 is 0.900 bits per heavy atom. The standard InChI is InChI=1S/C25H31NO4/c1-4-5-6-7-20-9-11-21(12-10-20)23(27)14-15-25(29)30-17-24(28)26-22-13-8-18(2)19(3)16-22/h8-13,16H,4-7,14-15,17H2,1-3H3,(H,26,28). The molecule has 2 aromatic carbocycles. The summed E-state index contributed by atoms with van der Waals surface area (Å²) < 4.78 is 4.99. The second-order valence-corrected chi connectivity index (χ2v) is 7.59. The lowest BCUT2D eigenvalue weighted by Gasteiger charge is -2.08. The van der Waals surface area contributed by atoms with Crippen molar-refractivity contribution in [2.75, 3.05) is 11.9 Å². The number of amides is 1. The summed E-state index contributed by atoms with van der Waals surface area (Å²) in [5, 5.41) is 2.70. The second-order valence-electron chi connectivity index (χ2n) is 7.59. The van der Waals surface area contributed by atoms with Crippen LogP contribution in [0.3, 0.4) is 0 Å². The van der Waals surface area contributed by atoms with Crippen molar-refractivity contribution in [2.45, 2.75) is 59.3 Å². The topological polar surface area (TPSA) is 72.5 Å². The van der Waals surface area contributed by atoms with Crippen LogP contribution in [0.4, 0.5) is 5.69 Å². The van der Waals surface area contributed by atoms with Crippen LogP contribution >= 0.6 is 0 Å². The van der Waals surface area contributed by atoms with Crippen molar-refractivity contribution >= 4 is 23.3 Å². The molecule has 0 bridgehead atoms. The van der Waals surface area contributed by atoms with Gasteiger partial charge in [0.15, 0.2) is 12.4 Å². The fourth-order valence-corrected chi connectivity index (χ4v) is 3.03. The number of ether oxygens (including phenoxy) is 1. The Labute approximate surface area is 178 Å². The molecular weight excluding hydrogens is 378 g/mol. The van der Waals surface area contributed by atoms with Crippen LogP contribution < -0.4 is 5.32 Å². The van der Waals surface area contributed by atoms with Gasteiger partial charge in [0.25, 0.3) is 5.91 Å². The number of carbonyl (C=O) groups excluding carboxylic acids is 3. The Bertz CT molecular complexity index is 871. The van der Waals surface area contributed by atoms with Crippen molar-refractivity contribution in [1.29, 1.82) is 0 Å². The molecule has 0 heterocycles. The molecule has 0 aliphatic heterocycles. The highest BCUT2D eigenvalue weighted by Crippen LogP contribution is 2.14. The number of hydrogen-bond donors (Lipinski definition) is 1. The molecule has 1 amide bonds. The van der Waals surface area contributed by atoms with Gasteiger partial charge in [-0.1, -0.05) is 50.1 Å². The van der Waals surface area contributed by atoms with Gasteiger partial charge in [0.1, 0.15) is 0 Å². The highest BCUT2D eigenvalue weighted by Gasteiger charge is 2.12. The van der Waals surface area contributed by atoms with Crippen LogP contribution in [-0.4, -0.2) is 24.3 Å². The molecule has 5 nitrogen and oxygen atoms in total. The molecule has 0 radical (unpaired) electrons. The van der Waals surface area contributed by atoms with E-state index >= 15 is 0 Å². The van der Waals surface area contributed by atoms with Gasteiger partial charge >= 0.3 is 5.97 Å². The summed E-state index contributed by atoms with van der Waals surface area (Å²) in [6.07, 6.45) is 4.55. The first-order valence-electron chi connectivity index (χ1n) is 10.5. The minimum absolute atomic E-state index is 0.0476. The van der Waals surface area contributed by atoms with Gasteiger partial charge in [-0.15, -0.1) is 0 Å². The summed E-state index contributed by atoms with van der Waals surface area (Å²) >= 11 is 0. The Hall–Kier alpha value is -2.95. The molecule has 160 valence electrons. The van der Waals surface area contributed by atoms with Crippen LogP contribution in [0.15, 0.2) is 42.5 Å². The number of benzene rings is 2. The SMILES string of the molecule is CCCCCc1ccc(C(=O)CCC(=O)OCC(=O)Nc2ccc(C)c(C)c2)cc1. The largest absolute Gasteiger partial charge is 0.456 e. The number of hydrogen-bond acceptors (Lipinski definition) is 4. The first kappa shape index (κ1) is 23.3. The number of nitrogens with one attached hydrogen (secondary N) is 1. The first-order valence-corrected chi connectivity index (χ1v) is 10.5. The van der Waals surface area contributed by atoms with E-state index in [9.17, 15) is 14.4 Å². The lowest BCUT2D eigenvalue weighted by Crippen LogP contribution is -2.21. The summed E-state index contributed by atoms with van der Waals surface area (Å²) in [6, 6.07) is 13.1. The van der Waals surface area contributed by atoms with E-state index in [1.54, 1.807) is 6.07 Å². The maximum atomic E-state index is 12.3. The molecule has 0 aliphatic rings. The molecule has 0 aliphatic carbocycles. The molecule has 0 fully saturated rings. The van der Waals surface area contributed by atoms with Gasteiger partial charge in [-0.3, -0.25) is 14.4 Å². The maximum Gasteiger partial charge on any atom is 0.306 e. The predicted molar refractivity (Wildman–Crippen MR) is 119 cm³/mol. The van der Waals surface area contributed by atoms with Crippen molar-refractivity contribution in [3.63, 3.8) is 0 Å². The highest BCUT2D eigenvalue weighted by atomic mass is 16.5. The Balaban J connectivity index is 1.71. The van der Waals surface area contributed by atoms with Crippen molar-refractivity contribution in [2.24, 2.45) is 0 Å². The molecule has 2 aromatic rings. The third-order valence-corrected chi connectivity index (χ3v) is 5.06. The molecule has 2 rings (SSSR count). The zero-order chi connectivity index (χ0) is 21.9. The first-order chi connectivity index (χ1) is 14.4. The lowest BCUT2D eigenvalue weighted by atomic mass is 10.0. The van der Waals surface area contributed by atoms with Crippen LogP contribution in [0.1, 0.15) is 66.1 Å². The fourth-order valence-electron chi connectivity index (χ4n) is 3.03. The average Bonchev–Trinajstić information content (AvgIpc) is 2.74. The molecular formula is C25H31NO4. The number of anilines is 1. The summed E-state index contributed by atoms with van der Waals surface area (Å²) in [4.78, 5) is 36.1. The normalized spacial score (nSPS) is 10.5. The van der Waals surface area contributed by atoms with E-state index in [1.165, 1.54) is 18.4 Å². The van der Waals surface area contributed by atoms with E-state index in [4.69, 9.17) is 4.74 Å². The number of rotatable bonds is 11. The van der Waals surface area contributed by atoms with Crippen molar-refractivity contribution in [3.05, 3.63) is 64.7 Å². The van der Waals surface area contributed by atoms with Crippen LogP contribution in [0, 0.1) is 13.8 Å². The molecule has 5 heteroatoms. The highest BCUT2D eigenvalue weighted by molar-refractivity contribution is 5.98. The van der Waals surface area contributed by atoms with Crippen LogP contribution in [0.5, 0.6) is 0 Å². The van der Waals surface area contributed by atoms with E-state index in [2.05, 4.69) is 12.2 Å². The van der Waals surface area contributed by atoms with Gasteiger partial charge in [0, 0.05) is 17.7 Å². The number of aryl methyl sites for hydroxylation is 3. The number of esters is 1. The number of unbranched alkanes of at least 4 members (excludes halogenated alkanes) is 2. The van der Waals surface area contributed by atoms with E-state index in [0.29, 0.717) is 11.3 Å². The Kier molecular flexibility index (Phi) is 9.26. The van der Waals surface area contributed by atoms with Gasteiger partial charge < -0.3 is 10.1 Å². The average molecular weight is 410 g/mol. The molecule has 0 unspecified atom stereocenters. The van der Waals surface area contributed by atoms with Crippen molar-refractivity contribution in [1.82, 2.24) is 0 Å². The molecule has 30 heavy (non-hydrogen) atoms. The van der Waals surface area contributed by atoms with E-state index < -0.39 is 11.9 Å². The Morgan fingerprint density at radius 3 is 2.30 bits per heavy atom.